The van der Waals surface area contributed by atoms with Gasteiger partial charge in [0.25, 0.3) is 0 Å². The zero-order valence-corrected chi connectivity index (χ0v) is 16.1. The van der Waals surface area contributed by atoms with E-state index < -0.39 is 0 Å². The predicted octanol–water partition coefficient (Wildman–Crippen LogP) is 1.82. The molecule has 28 heavy (non-hydrogen) atoms. The van der Waals surface area contributed by atoms with Gasteiger partial charge in [-0.3, -0.25) is 0 Å². The molecule has 8 nitrogen and oxygen atoms in total. The zero-order valence-electron chi connectivity index (χ0n) is 16.1. The first kappa shape index (κ1) is 18.1. The minimum atomic E-state index is 0.259. The fourth-order valence-electron chi connectivity index (χ4n) is 3.36. The summed E-state index contributed by atoms with van der Waals surface area (Å²) in [5.74, 6) is 8.46. The lowest BCUT2D eigenvalue weighted by atomic mass is 10.2. The van der Waals surface area contributed by atoms with Gasteiger partial charge in [-0.25, -0.2) is 14.6 Å². The molecule has 0 saturated carbocycles. The molecule has 8 heteroatoms. The van der Waals surface area contributed by atoms with Crippen LogP contribution in [0.1, 0.15) is 23.7 Å². The van der Waals surface area contributed by atoms with Gasteiger partial charge in [-0.1, -0.05) is 5.92 Å². The summed E-state index contributed by atoms with van der Waals surface area (Å²) in [6, 6.07) is 5.81. The highest BCUT2D eigenvalue weighted by molar-refractivity contribution is 5.91. The van der Waals surface area contributed by atoms with Crippen LogP contribution in [0.25, 0.3) is 11.0 Å². The van der Waals surface area contributed by atoms with Gasteiger partial charge in [-0.15, -0.1) is 0 Å². The lowest BCUT2D eigenvalue weighted by Crippen LogP contribution is -2.15. The topological polar surface area (TPSA) is 86.1 Å². The van der Waals surface area contributed by atoms with E-state index in [2.05, 4.69) is 32.4 Å². The van der Waals surface area contributed by atoms with E-state index in [0.717, 1.165) is 41.9 Å². The molecule has 0 bridgehead atoms. The maximum atomic E-state index is 5.32. The number of anilines is 1. The first-order chi connectivity index (χ1) is 13.7. The highest BCUT2D eigenvalue weighted by atomic mass is 16.5. The molecule has 1 aromatic carbocycles. The number of methoxy groups -OCH3 is 2. The van der Waals surface area contributed by atoms with Crippen molar-refractivity contribution in [1.29, 1.82) is 0 Å². The van der Waals surface area contributed by atoms with Crippen LogP contribution in [0.5, 0.6) is 11.5 Å². The molecule has 0 radical (unpaired) electrons. The van der Waals surface area contributed by atoms with Crippen molar-refractivity contribution in [1.82, 2.24) is 25.1 Å². The summed E-state index contributed by atoms with van der Waals surface area (Å²) in [6.45, 7) is 1.84. The Bertz CT molecular complexity index is 1040. The second-order valence-corrected chi connectivity index (χ2v) is 6.46. The lowest BCUT2D eigenvalue weighted by molar-refractivity contribution is 0.394. The summed E-state index contributed by atoms with van der Waals surface area (Å²) >= 11 is 0. The molecule has 1 fully saturated rings. The predicted molar refractivity (Wildman–Crippen MR) is 107 cm³/mol. The largest absolute Gasteiger partial charge is 0.497 e. The van der Waals surface area contributed by atoms with Crippen LogP contribution in [-0.2, 0) is 0 Å². The zero-order chi connectivity index (χ0) is 19.5. The molecule has 2 N–H and O–H groups in total. The third-order valence-corrected chi connectivity index (χ3v) is 4.78. The Labute approximate surface area is 163 Å². The highest BCUT2D eigenvalue weighted by Gasteiger charge is 2.23. The monoisotopic (exact) mass is 378 g/mol. The molecule has 0 amide bonds. The van der Waals surface area contributed by atoms with Crippen LogP contribution in [0.3, 0.4) is 0 Å². The minimum absolute atomic E-state index is 0.259. The van der Waals surface area contributed by atoms with E-state index in [1.165, 1.54) is 0 Å². The fourth-order valence-corrected chi connectivity index (χ4v) is 3.36. The fraction of sp³-hybridized carbons (Fsp3) is 0.350. The van der Waals surface area contributed by atoms with Gasteiger partial charge in [0.05, 0.1) is 25.6 Å². The second-order valence-electron chi connectivity index (χ2n) is 6.46. The van der Waals surface area contributed by atoms with Crippen molar-refractivity contribution < 1.29 is 9.47 Å². The molecule has 3 aromatic rings. The van der Waals surface area contributed by atoms with Crippen molar-refractivity contribution in [2.75, 3.05) is 39.7 Å². The molecular weight excluding hydrogens is 356 g/mol. The average molecular weight is 378 g/mol. The van der Waals surface area contributed by atoms with Crippen molar-refractivity contribution in [3.8, 4) is 23.3 Å². The van der Waals surface area contributed by atoms with Crippen LogP contribution in [0.15, 0.2) is 24.5 Å². The van der Waals surface area contributed by atoms with E-state index in [-0.39, 0.29) is 6.04 Å². The molecular formula is C20H22N6O2. The number of benzene rings is 1. The van der Waals surface area contributed by atoms with Gasteiger partial charge in [0.15, 0.2) is 5.65 Å². The third kappa shape index (κ3) is 3.32. The van der Waals surface area contributed by atoms with Gasteiger partial charge < -0.3 is 20.1 Å². The number of hydrogen-bond donors (Lipinski definition) is 2. The van der Waals surface area contributed by atoms with Crippen LogP contribution in [0.4, 0.5) is 5.82 Å². The minimum Gasteiger partial charge on any atom is -0.497 e. The number of fused-ring (bicyclic) bond motifs is 1. The SMILES string of the molecule is CNc1ncnc2c1c(C#Cc1cc(OC)cc(OC)c1)nn2C1CCNC1. The molecule has 1 aliphatic rings. The number of nitrogens with zero attached hydrogens (tertiary/aromatic N) is 4. The normalized spacial score (nSPS) is 15.9. The van der Waals surface area contributed by atoms with Crippen LogP contribution in [0, 0.1) is 11.8 Å². The number of aromatic nitrogens is 4. The van der Waals surface area contributed by atoms with E-state index in [9.17, 15) is 0 Å². The van der Waals surface area contributed by atoms with Crippen molar-refractivity contribution in [2.45, 2.75) is 12.5 Å². The van der Waals surface area contributed by atoms with E-state index in [1.54, 1.807) is 20.5 Å². The third-order valence-electron chi connectivity index (χ3n) is 4.78. The summed E-state index contributed by atoms with van der Waals surface area (Å²) in [5, 5.41) is 12.1. The molecule has 144 valence electrons. The number of rotatable bonds is 4. The molecule has 0 spiro atoms. The second kappa shape index (κ2) is 7.74. The Morgan fingerprint density at radius 1 is 1.14 bits per heavy atom. The molecule has 1 saturated heterocycles. The van der Waals surface area contributed by atoms with Gasteiger partial charge in [0.1, 0.15) is 29.3 Å². The molecule has 2 aromatic heterocycles. The van der Waals surface area contributed by atoms with Crippen molar-refractivity contribution in [2.24, 2.45) is 0 Å². The summed E-state index contributed by atoms with van der Waals surface area (Å²) in [7, 11) is 5.07. The van der Waals surface area contributed by atoms with Crippen LogP contribution in [-0.4, -0.2) is 54.1 Å². The van der Waals surface area contributed by atoms with E-state index in [1.807, 2.05) is 29.9 Å². The quantitative estimate of drug-likeness (QED) is 0.670. The molecule has 0 aliphatic carbocycles. The molecule has 1 aliphatic heterocycles. The maximum absolute atomic E-state index is 5.32. The van der Waals surface area contributed by atoms with E-state index in [0.29, 0.717) is 17.2 Å². The Morgan fingerprint density at radius 3 is 2.57 bits per heavy atom. The number of hydrogen-bond acceptors (Lipinski definition) is 7. The van der Waals surface area contributed by atoms with Crippen LogP contribution < -0.4 is 20.1 Å². The Hall–Kier alpha value is -3.31. The van der Waals surface area contributed by atoms with Crippen molar-refractivity contribution in [3.63, 3.8) is 0 Å². The molecule has 3 heterocycles. The molecule has 1 atom stereocenters. The Morgan fingerprint density at radius 2 is 1.93 bits per heavy atom. The summed E-state index contributed by atoms with van der Waals surface area (Å²) in [6.07, 6.45) is 2.56. The number of nitrogens with one attached hydrogen (secondary N) is 2. The van der Waals surface area contributed by atoms with Gasteiger partial charge >= 0.3 is 0 Å². The van der Waals surface area contributed by atoms with E-state index >= 15 is 0 Å². The maximum Gasteiger partial charge on any atom is 0.164 e. The van der Waals surface area contributed by atoms with Gasteiger partial charge in [-0.2, -0.15) is 5.10 Å². The number of ether oxygens (including phenoxy) is 2. The summed E-state index contributed by atoms with van der Waals surface area (Å²) in [5.41, 5.74) is 2.22. The van der Waals surface area contributed by atoms with Crippen molar-refractivity contribution >= 4 is 16.9 Å². The van der Waals surface area contributed by atoms with E-state index in [4.69, 9.17) is 14.6 Å². The standard InChI is InChI=1S/C20H22N6O2/c1-21-19-18-17(5-4-13-8-15(27-2)10-16(9-13)28-3)25-26(14-6-7-22-11-14)20(18)24-12-23-19/h8-10,12,14,22H,6-7,11H2,1-3H3,(H,21,23,24). The summed E-state index contributed by atoms with van der Waals surface area (Å²) < 4.78 is 12.6. The Kier molecular flexibility index (Phi) is 5.00. The van der Waals surface area contributed by atoms with Gasteiger partial charge in [0.2, 0.25) is 0 Å². The van der Waals surface area contributed by atoms with Gasteiger partial charge in [-0.05, 0) is 31.0 Å². The highest BCUT2D eigenvalue weighted by Crippen LogP contribution is 2.27. The summed E-state index contributed by atoms with van der Waals surface area (Å²) in [4.78, 5) is 8.82. The average Bonchev–Trinajstić information content (AvgIpc) is 3.39. The first-order valence-corrected chi connectivity index (χ1v) is 9.10. The van der Waals surface area contributed by atoms with Crippen molar-refractivity contribution in [3.05, 3.63) is 35.8 Å². The molecule has 4 rings (SSSR count). The Balaban J connectivity index is 1.83. The van der Waals surface area contributed by atoms with Gasteiger partial charge in [0, 0.05) is 25.2 Å². The molecule has 1 unspecified atom stereocenters. The van der Waals surface area contributed by atoms with Crippen LogP contribution in [0.2, 0.25) is 0 Å². The lowest BCUT2D eigenvalue weighted by Gasteiger charge is -2.09. The first-order valence-electron chi connectivity index (χ1n) is 9.10. The van der Waals surface area contributed by atoms with Crippen LogP contribution >= 0.6 is 0 Å². The smallest absolute Gasteiger partial charge is 0.164 e.